The molecule has 2 aromatic heterocycles. The molecule has 0 saturated carbocycles. The number of nitrogens with one attached hydrogen (secondary N) is 1. The first-order valence-corrected chi connectivity index (χ1v) is 7.06. The fourth-order valence-corrected chi connectivity index (χ4v) is 3.07. The Hall–Kier alpha value is -2.34. The minimum Gasteiger partial charge on any atom is -0.491 e. The standard InChI is InChI=1S/C15H13N3O2S/c1-19-13-7-6-10-14(17-13)18(15(21)16-10)11-8-20-12-5-3-2-4-9(11)12/h2-7,11H,8H2,1H3,(H,16,21). The number of hydrogen-bond acceptors (Lipinski definition) is 4. The van der Waals surface area contributed by atoms with Crippen LogP contribution in [0.15, 0.2) is 36.4 Å². The Morgan fingerprint density at radius 3 is 3.05 bits per heavy atom. The van der Waals surface area contributed by atoms with Crippen molar-refractivity contribution >= 4 is 23.4 Å². The molecule has 0 amide bonds. The molecule has 4 rings (SSSR count). The van der Waals surface area contributed by atoms with Crippen LogP contribution in [0.2, 0.25) is 0 Å². The van der Waals surface area contributed by atoms with Gasteiger partial charge in [0.05, 0.1) is 12.6 Å². The number of H-pyrrole nitrogens is 1. The summed E-state index contributed by atoms with van der Waals surface area (Å²) >= 11 is 5.47. The zero-order valence-electron chi connectivity index (χ0n) is 11.4. The summed E-state index contributed by atoms with van der Waals surface area (Å²) in [6, 6.07) is 11.8. The molecule has 1 atom stereocenters. The number of methoxy groups -OCH3 is 1. The Morgan fingerprint density at radius 1 is 1.33 bits per heavy atom. The highest BCUT2D eigenvalue weighted by Gasteiger charge is 2.27. The zero-order chi connectivity index (χ0) is 14.4. The summed E-state index contributed by atoms with van der Waals surface area (Å²) in [5.74, 6) is 1.47. The molecular formula is C15H13N3O2S. The van der Waals surface area contributed by atoms with E-state index in [1.54, 1.807) is 7.11 Å². The number of rotatable bonds is 2. The van der Waals surface area contributed by atoms with Gasteiger partial charge in [0, 0.05) is 11.6 Å². The van der Waals surface area contributed by atoms with E-state index in [0.29, 0.717) is 17.3 Å². The minimum atomic E-state index is 0.0297. The number of hydrogen-bond donors (Lipinski definition) is 1. The SMILES string of the molecule is COc1ccc2[nH]c(=S)n(C3COc4ccccc43)c2n1. The molecule has 1 aliphatic heterocycles. The van der Waals surface area contributed by atoms with E-state index in [1.807, 2.05) is 34.9 Å². The average Bonchev–Trinajstić information content (AvgIpc) is 3.06. The Labute approximate surface area is 126 Å². The van der Waals surface area contributed by atoms with Gasteiger partial charge in [-0.15, -0.1) is 0 Å². The van der Waals surface area contributed by atoms with Gasteiger partial charge in [-0.25, -0.2) is 0 Å². The molecule has 1 aromatic carbocycles. The number of nitrogens with zero attached hydrogens (tertiary/aromatic N) is 2. The highest BCUT2D eigenvalue weighted by atomic mass is 32.1. The summed E-state index contributed by atoms with van der Waals surface area (Å²) in [4.78, 5) is 7.71. The van der Waals surface area contributed by atoms with Gasteiger partial charge in [0.1, 0.15) is 18.4 Å². The van der Waals surface area contributed by atoms with Crippen LogP contribution in [0.4, 0.5) is 0 Å². The first-order chi connectivity index (χ1) is 10.3. The normalized spacial score (nSPS) is 16.7. The lowest BCUT2D eigenvalue weighted by atomic mass is 10.1. The molecule has 3 aromatic rings. The van der Waals surface area contributed by atoms with Crippen molar-refractivity contribution in [2.75, 3.05) is 13.7 Å². The maximum absolute atomic E-state index is 5.76. The number of fused-ring (bicyclic) bond motifs is 2. The molecule has 0 fully saturated rings. The molecule has 0 radical (unpaired) electrons. The van der Waals surface area contributed by atoms with Crippen LogP contribution >= 0.6 is 12.2 Å². The lowest BCUT2D eigenvalue weighted by Crippen LogP contribution is -2.12. The van der Waals surface area contributed by atoms with Gasteiger partial charge in [-0.1, -0.05) is 18.2 Å². The second-order valence-corrected chi connectivity index (χ2v) is 5.28. The van der Waals surface area contributed by atoms with Gasteiger partial charge in [-0.2, -0.15) is 4.98 Å². The Balaban J connectivity index is 1.95. The van der Waals surface area contributed by atoms with Crippen LogP contribution in [-0.4, -0.2) is 28.3 Å². The summed E-state index contributed by atoms with van der Waals surface area (Å²) in [7, 11) is 1.60. The maximum atomic E-state index is 5.76. The maximum Gasteiger partial charge on any atom is 0.215 e. The predicted octanol–water partition coefficient (Wildman–Crippen LogP) is 3.08. The van der Waals surface area contributed by atoms with Gasteiger partial charge in [0.2, 0.25) is 5.88 Å². The molecular weight excluding hydrogens is 286 g/mol. The predicted molar refractivity (Wildman–Crippen MR) is 81.5 cm³/mol. The number of pyridine rings is 1. The van der Waals surface area contributed by atoms with E-state index >= 15 is 0 Å². The van der Waals surface area contributed by atoms with Crippen LogP contribution in [0, 0.1) is 4.77 Å². The number of ether oxygens (including phenoxy) is 2. The van der Waals surface area contributed by atoms with E-state index in [4.69, 9.17) is 21.7 Å². The van der Waals surface area contributed by atoms with Gasteiger partial charge in [0.15, 0.2) is 10.4 Å². The molecule has 6 heteroatoms. The Bertz CT molecular complexity index is 884. The summed E-state index contributed by atoms with van der Waals surface area (Å²) in [5.41, 5.74) is 2.80. The minimum absolute atomic E-state index is 0.0297. The zero-order valence-corrected chi connectivity index (χ0v) is 12.2. The first-order valence-electron chi connectivity index (χ1n) is 6.65. The monoisotopic (exact) mass is 299 g/mol. The highest BCUT2D eigenvalue weighted by molar-refractivity contribution is 7.71. The molecule has 1 aliphatic rings. The van der Waals surface area contributed by atoms with Crippen LogP contribution in [0.25, 0.3) is 11.2 Å². The topological polar surface area (TPSA) is 52.1 Å². The molecule has 0 saturated heterocycles. The van der Waals surface area contributed by atoms with Crippen molar-refractivity contribution in [1.29, 1.82) is 0 Å². The fourth-order valence-electron chi connectivity index (χ4n) is 2.75. The van der Waals surface area contributed by atoms with Crippen molar-refractivity contribution in [2.24, 2.45) is 0 Å². The van der Waals surface area contributed by atoms with E-state index in [9.17, 15) is 0 Å². The van der Waals surface area contributed by atoms with Crippen LogP contribution in [-0.2, 0) is 0 Å². The van der Waals surface area contributed by atoms with E-state index in [-0.39, 0.29) is 6.04 Å². The van der Waals surface area contributed by atoms with Crippen molar-refractivity contribution in [1.82, 2.24) is 14.5 Å². The van der Waals surface area contributed by atoms with E-state index in [1.165, 1.54) is 0 Å². The lowest BCUT2D eigenvalue weighted by molar-refractivity contribution is 0.317. The summed E-state index contributed by atoms with van der Waals surface area (Å²) in [6.45, 7) is 0.555. The van der Waals surface area contributed by atoms with Crippen molar-refractivity contribution in [3.8, 4) is 11.6 Å². The second kappa shape index (κ2) is 4.60. The van der Waals surface area contributed by atoms with Crippen molar-refractivity contribution in [3.05, 3.63) is 46.7 Å². The highest BCUT2D eigenvalue weighted by Crippen LogP contribution is 2.36. The van der Waals surface area contributed by atoms with Gasteiger partial charge >= 0.3 is 0 Å². The average molecular weight is 299 g/mol. The van der Waals surface area contributed by atoms with Gasteiger partial charge < -0.3 is 14.5 Å². The molecule has 1 unspecified atom stereocenters. The van der Waals surface area contributed by atoms with E-state index in [0.717, 1.165) is 22.5 Å². The van der Waals surface area contributed by atoms with Crippen LogP contribution in [0.3, 0.4) is 0 Å². The summed E-state index contributed by atoms with van der Waals surface area (Å²) in [6.07, 6.45) is 0. The third kappa shape index (κ3) is 1.83. The summed E-state index contributed by atoms with van der Waals surface area (Å²) in [5, 5.41) is 0. The van der Waals surface area contributed by atoms with E-state index < -0.39 is 0 Å². The third-order valence-electron chi connectivity index (χ3n) is 3.73. The number of imidazole rings is 1. The van der Waals surface area contributed by atoms with Gasteiger partial charge in [-0.3, -0.25) is 4.57 Å². The molecule has 0 bridgehead atoms. The van der Waals surface area contributed by atoms with Crippen molar-refractivity contribution < 1.29 is 9.47 Å². The van der Waals surface area contributed by atoms with E-state index in [2.05, 4.69) is 16.0 Å². The molecule has 3 heterocycles. The number of para-hydroxylation sites is 1. The Morgan fingerprint density at radius 2 is 2.19 bits per heavy atom. The quantitative estimate of drug-likeness (QED) is 0.739. The van der Waals surface area contributed by atoms with Gasteiger partial charge in [-0.05, 0) is 24.4 Å². The van der Waals surface area contributed by atoms with Crippen LogP contribution in [0.5, 0.6) is 11.6 Å². The molecule has 106 valence electrons. The summed E-state index contributed by atoms with van der Waals surface area (Å²) < 4.78 is 13.6. The first kappa shape index (κ1) is 12.4. The molecule has 0 spiro atoms. The number of benzene rings is 1. The Kier molecular flexibility index (Phi) is 2.71. The van der Waals surface area contributed by atoms with Crippen LogP contribution in [0.1, 0.15) is 11.6 Å². The largest absolute Gasteiger partial charge is 0.491 e. The molecule has 1 N–H and O–H groups in total. The third-order valence-corrected chi connectivity index (χ3v) is 4.03. The number of aromatic nitrogens is 3. The molecule has 0 aliphatic carbocycles. The van der Waals surface area contributed by atoms with Crippen molar-refractivity contribution in [3.63, 3.8) is 0 Å². The fraction of sp³-hybridized carbons (Fsp3) is 0.200. The second-order valence-electron chi connectivity index (χ2n) is 4.89. The number of aromatic amines is 1. The van der Waals surface area contributed by atoms with Crippen molar-refractivity contribution in [2.45, 2.75) is 6.04 Å². The van der Waals surface area contributed by atoms with Gasteiger partial charge in [0.25, 0.3) is 0 Å². The van der Waals surface area contributed by atoms with Crippen LogP contribution < -0.4 is 9.47 Å². The molecule has 21 heavy (non-hydrogen) atoms. The molecule has 5 nitrogen and oxygen atoms in total. The lowest BCUT2D eigenvalue weighted by Gasteiger charge is -2.12. The smallest absolute Gasteiger partial charge is 0.215 e.